The van der Waals surface area contributed by atoms with Crippen LogP contribution in [0.5, 0.6) is 0 Å². The van der Waals surface area contributed by atoms with E-state index in [1.54, 1.807) is 12.4 Å². The van der Waals surface area contributed by atoms with Crippen LogP contribution in [0.1, 0.15) is 34.7 Å². The molecule has 0 atom stereocenters. The summed E-state index contributed by atoms with van der Waals surface area (Å²) in [5, 5.41) is 2.93. The van der Waals surface area contributed by atoms with Gasteiger partial charge in [0.05, 0.1) is 6.20 Å². The van der Waals surface area contributed by atoms with Crippen molar-refractivity contribution in [3.8, 4) is 0 Å². The molecule has 22 heavy (non-hydrogen) atoms. The van der Waals surface area contributed by atoms with Crippen LogP contribution in [0.15, 0.2) is 30.7 Å². The van der Waals surface area contributed by atoms with Crippen molar-refractivity contribution in [1.29, 1.82) is 0 Å². The Morgan fingerprint density at radius 3 is 3.09 bits per heavy atom. The van der Waals surface area contributed by atoms with E-state index in [1.165, 1.54) is 0 Å². The van der Waals surface area contributed by atoms with Crippen LogP contribution in [-0.2, 0) is 13.0 Å². The van der Waals surface area contributed by atoms with Gasteiger partial charge >= 0.3 is 0 Å². The highest BCUT2D eigenvalue weighted by atomic mass is 16.2. The molecule has 0 aliphatic carbocycles. The van der Waals surface area contributed by atoms with Crippen LogP contribution < -0.4 is 5.32 Å². The van der Waals surface area contributed by atoms with Gasteiger partial charge < -0.3 is 14.3 Å². The number of carbonyl (C=O) groups excluding carboxylic acids is 1. The van der Waals surface area contributed by atoms with Crippen LogP contribution >= 0.6 is 0 Å². The van der Waals surface area contributed by atoms with Gasteiger partial charge in [0.1, 0.15) is 23.0 Å². The Hall–Kier alpha value is -2.63. The molecule has 0 saturated carbocycles. The zero-order valence-electron chi connectivity index (χ0n) is 12.4. The third kappa shape index (κ3) is 2.16. The van der Waals surface area contributed by atoms with E-state index in [9.17, 15) is 4.79 Å². The van der Waals surface area contributed by atoms with Gasteiger partial charge in [-0.05, 0) is 31.4 Å². The van der Waals surface area contributed by atoms with Gasteiger partial charge in [0.25, 0.3) is 5.91 Å². The molecule has 4 heterocycles. The number of nitrogens with zero attached hydrogens (tertiary/aromatic N) is 4. The second-order valence-corrected chi connectivity index (χ2v) is 5.72. The van der Waals surface area contributed by atoms with Crippen molar-refractivity contribution in [2.75, 3.05) is 5.32 Å². The van der Waals surface area contributed by atoms with Crippen molar-refractivity contribution < 1.29 is 4.79 Å². The molecule has 1 amide bonds. The second-order valence-electron chi connectivity index (χ2n) is 5.72. The highest BCUT2D eigenvalue weighted by molar-refractivity contribution is 6.02. The molecule has 0 radical (unpaired) electrons. The first kappa shape index (κ1) is 13.1. The Morgan fingerprint density at radius 1 is 1.27 bits per heavy atom. The molecule has 0 unspecified atom stereocenters. The Morgan fingerprint density at radius 2 is 2.18 bits per heavy atom. The number of pyridine rings is 1. The second kappa shape index (κ2) is 4.98. The lowest BCUT2D eigenvalue weighted by molar-refractivity contribution is 0.102. The molecule has 0 spiro atoms. The molecule has 4 rings (SSSR count). The number of aromatic nitrogens is 4. The highest BCUT2D eigenvalue weighted by Crippen LogP contribution is 2.20. The summed E-state index contributed by atoms with van der Waals surface area (Å²) in [6, 6.07) is 3.89. The van der Waals surface area contributed by atoms with Crippen molar-refractivity contribution in [2.24, 2.45) is 0 Å². The molecule has 1 aliphatic rings. The number of hydrogen-bond donors (Lipinski definition) is 1. The number of aryl methyl sites for hydroxylation is 2. The first-order valence-corrected chi connectivity index (χ1v) is 7.52. The number of fused-ring (bicyclic) bond motifs is 2. The van der Waals surface area contributed by atoms with Crippen molar-refractivity contribution in [3.63, 3.8) is 0 Å². The summed E-state index contributed by atoms with van der Waals surface area (Å²) in [4.78, 5) is 21.2. The van der Waals surface area contributed by atoms with Gasteiger partial charge in [-0.1, -0.05) is 6.07 Å². The molecule has 6 heteroatoms. The summed E-state index contributed by atoms with van der Waals surface area (Å²) in [5.41, 5.74) is 2.31. The van der Waals surface area contributed by atoms with Gasteiger partial charge in [0.15, 0.2) is 0 Å². The lowest BCUT2D eigenvalue weighted by Crippen LogP contribution is -2.18. The van der Waals surface area contributed by atoms with Gasteiger partial charge in [-0.3, -0.25) is 4.79 Å². The Kier molecular flexibility index (Phi) is 2.96. The Balaban J connectivity index is 1.62. The van der Waals surface area contributed by atoms with Gasteiger partial charge in [-0.15, -0.1) is 0 Å². The monoisotopic (exact) mass is 295 g/mol. The smallest absolute Gasteiger partial charge is 0.277 e. The molecule has 112 valence electrons. The molecule has 0 aromatic carbocycles. The van der Waals surface area contributed by atoms with Crippen LogP contribution in [0.3, 0.4) is 0 Å². The highest BCUT2D eigenvalue weighted by Gasteiger charge is 2.17. The van der Waals surface area contributed by atoms with Crippen LogP contribution in [-0.4, -0.2) is 24.8 Å². The lowest BCUT2D eigenvalue weighted by atomic mass is 10.2. The van der Waals surface area contributed by atoms with Crippen molar-refractivity contribution in [2.45, 2.75) is 32.7 Å². The van der Waals surface area contributed by atoms with Gasteiger partial charge in [0, 0.05) is 25.4 Å². The van der Waals surface area contributed by atoms with Crippen molar-refractivity contribution >= 4 is 17.4 Å². The number of amides is 1. The summed E-state index contributed by atoms with van der Waals surface area (Å²) in [6.45, 7) is 2.92. The van der Waals surface area contributed by atoms with E-state index in [-0.39, 0.29) is 5.91 Å². The molecule has 1 N–H and O–H groups in total. The molecule has 3 aromatic rings. The average molecular weight is 295 g/mol. The first-order chi connectivity index (χ1) is 10.7. The molecule has 0 fully saturated rings. The van der Waals surface area contributed by atoms with E-state index < -0.39 is 0 Å². The van der Waals surface area contributed by atoms with E-state index in [0.29, 0.717) is 5.69 Å². The normalized spacial score (nSPS) is 14.0. The minimum Gasteiger partial charge on any atom is -0.315 e. The number of nitrogens with one attached hydrogen (secondary N) is 1. The van der Waals surface area contributed by atoms with Crippen LogP contribution in [0, 0.1) is 6.92 Å². The summed E-state index contributed by atoms with van der Waals surface area (Å²) < 4.78 is 3.96. The number of carbonyl (C=O) groups is 1. The third-order valence-electron chi connectivity index (χ3n) is 4.04. The standard InChI is InChI=1S/C16H17N5O/c1-11-5-6-14-18-12(10-20(14)9-11)16(22)19-15-8-17-13-4-2-3-7-21(13)15/h5-6,8-10H,2-4,7H2,1H3,(H,19,22). The fourth-order valence-corrected chi connectivity index (χ4v) is 2.91. The summed E-state index contributed by atoms with van der Waals surface area (Å²) in [7, 11) is 0. The van der Waals surface area contributed by atoms with Crippen LogP contribution in [0.2, 0.25) is 0 Å². The zero-order valence-corrected chi connectivity index (χ0v) is 12.4. The maximum Gasteiger partial charge on any atom is 0.277 e. The Bertz CT molecular complexity index is 861. The maximum absolute atomic E-state index is 12.4. The zero-order chi connectivity index (χ0) is 15.1. The maximum atomic E-state index is 12.4. The third-order valence-corrected chi connectivity index (χ3v) is 4.04. The fraction of sp³-hybridized carbons (Fsp3) is 0.312. The fourth-order valence-electron chi connectivity index (χ4n) is 2.91. The predicted molar refractivity (Wildman–Crippen MR) is 83.0 cm³/mol. The van der Waals surface area contributed by atoms with Crippen LogP contribution in [0.25, 0.3) is 5.65 Å². The SMILES string of the molecule is Cc1ccc2nc(C(=O)Nc3cnc4n3CCCC4)cn2c1. The minimum atomic E-state index is -0.199. The number of imidazole rings is 2. The lowest BCUT2D eigenvalue weighted by Gasteiger charge is -2.16. The van der Waals surface area contributed by atoms with Crippen LogP contribution in [0.4, 0.5) is 5.82 Å². The quantitative estimate of drug-likeness (QED) is 0.789. The van der Waals surface area contributed by atoms with Gasteiger partial charge in [0.2, 0.25) is 0 Å². The molecule has 0 bridgehead atoms. The summed E-state index contributed by atoms with van der Waals surface area (Å²) in [5.74, 6) is 1.61. The first-order valence-electron chi connectivity index (χ1n) is 7.52. The van der Waals surface area contributed by atoms with E-state index in [4.69, 9.17) is 0 Å². The number of anilines is 1. The number of rotatable bonds is 2. The average Bonchev–Trinajstić information content (AvgIpc) is 3.11. The largest absolute Gasteiger partial charge is 0.315 e. The molecular formula is C16H17N5O. The molecular weight excluding hydrogens is 278 g/mol. The molecule has 1 aliphatic heterocycles. The van der Waals surface area contributed by atoms with E-state index in [0.717, 1.165) is 48.7 Å². The van der Waals surface area contributed by atoms with E-state index >= 15 is 0 Å². The minimum absolute atomic E-state index is 0.199. The number of hydrogen-bond acceptors (Lipinski definition) is 3. The summed E-state index contributed by atoms with van der Waals surface area (Å²) in [6.07, 6.45) is 8.71. The van der Waals surface area contributed by atoms with Gasteiger partial charge in [-0.25, -0.2) is 9.97 Å². The topological polar surface area (TPSA) is 64.2 Å². The molecule has 3 aromatic heterocycles. The van der Waals surface area contributed by atoms with Gasteiger partial charge in [-0.2, -0.15) is 0 Å². The van der Waals surface area contributed by atoms with E-state index in [1.807, 2.05) is 29.7 Å². The Labute approximate surface area is 127 Å². The van der Waals surface area contributed by atoms with Crippen molar-refractivity contribution in [1.82, 2.24) is 18.9 Å². The van der Waals surface area contributed by atoms with Crippen molar-refractivity contribution in [3.05, 3.63) is 47.8 Å². The predicted octanol–water partition coefficient (Wildman–Crippen LogP) is 2.43. The summed E-state index contributed by atoms with van der Waals surface area (Å²) >= 11 is 0. The molecule has 0 saturated heterocycles. The van der Waals surface area contributed by atoms with E-state index in [2.05, 4.69) is 19.9 Å². The molecule has 6 nitrogen and oxygen atoms in total.